The van der Waals surface area contributed by atoms with Crippen molar-refractivity contribution in [3.8, 4) is 5.75 Å². The average molecular weight is 426 g/mol. The van der Waals surface area contributed by atoms with Crippen LogP contribution < -0.4 is 4.74 Å². The first-order valence-corrected chi connectivity index (χ1v) is 11.3. The largest absolute Gasteiger partial charge is 0.491 e. The van der Waals surface area contributed by atoms with Crippen LogP contribution in [0.1, 0.15) is 70.7 Å². The lowest BCUT2D eigenvalue weighted by Gasteiger charge is -2.45. The molecule has 1 heterocycles. The van der Waals surface area contributed by atoms with Gasteiger partial charge in [-0.1, -0.05) is 45.0 Å². The van der Waals surface area contributed by atoms with Gasteiger partial charge in [0.25, 0.3) is 0 Å². The van der Waals surface area contributed by atoms with E-state index >= 15 is 8.78 Å². The maximum absolute atomic E-state index is 15.5. The number of benzene rings is 2. The van der Waals surface area contributed by atoms with E-state index in [0.717, 1.165) is 25.0 Å². The van der Waals surface area contributed by atoms with Gasteiger partial charge in [0.1, 0.15) is 17.4 Å². The van der Waals surface area contributed by atoms with Crippen molar-refractivity contribution in [1.82, 2.24) is 4.90 Å². The highest BCUT2D eigenvalue weighted by atomic mass is 19.1. The van der Waals surface area contributed by atoms with Gasteiger partial charge in [0.15, 0.2) is 0 Å². The van der Waals surface area contributed by atoms with E-state index < -0.39 is 17.7 Å². The Labute approximate surface area is 184 Å². The fourth-order valence-electron chi connectivity index (χ4n) is 5.12. The number of hydrogen-bond acceptors (Lipinski definition) is 2. The third-order valence-electron chi connectivity index (χ3n) is 6.19. The lowest BCUT2D eigenvalue weighted by Crippen LogP contribution is -2.45. The van der Waals surface area contributed by atoms with Gasteiger partial charge >= 0.3 is 0 Å². The molecule has 1 aliphatic carbocycles. The topological polar surface area (TPSA) is 12.5 Å². The Morgan fingerprint density at radius 3 is 2.35 bits per heavy atom. The first-order valence-electron chi connectivity index (χ1n) is 11.3. The van der Waals surface area contributed by atoms with Crippen LogP contribution in [0.5, 0.6) is 5.75 Å². The van der Waals surface area contributed by atoms with E-state index in [0.29, 0.717) is 0 Å². The second-order valence-corrected chi connectivity index (χ2v) is 10.5. The molecule has 0 fully saturated rings. The van der Waals surface area contributed by atoms with E-state index in [1.165, 1.54) is 28.8 Å². The van der Waals surface area contributed by atoms with Gasteiger partial charge in [-0.25, -0.2) is 8.78 Å². The number of rotatable bonds is 4. The quantitative estimate of drug-likeness (QED) is 0.526. The zero-order valence-corrected chi connectivity index (χ0v) is 19.4. The van der Waals surface area contributed by atoms with Crippen LogP contribution >= 0.6 is 0 Å². The molecule has 2 aromatic carbocycles. The van der Waals surface area contributed by atoms with Gasteiger partial charge in [-0.3, -0.25) is 4.90 Å². The molecule has 31 heavy (non-hydrogen) atoms. The Kier molecular flexibility index (Phi) is 5.72. The van der Waals surface area contributed by atoms with E-state index in [1.54, 1.807) is 0 Å². The Morgan fingerprint density at radius 2 is 1.74 bits per heavy atom. The van der Waals surface area contributed by atoms with Crippen LogP contribution in [-0.2, 0) is 6.42 Å². The molecule has 0 radical (unpaired) electrons. The average Bonchev–Trinajstić information content (AvgIpc) is 3.00. The van der Waals surface area contributed by atoms with Crippen molar-refractivity contribution in [3.05, 3.63) is 70.3 Å². The molecule has 2 atom stereocenters. The van der Waals surface area contributed by atoms with Crippen LogP contribution in [0, 0.1) is 17.0 Å². The Hall–Kier alpha value is -2.20. The molecule has 0 saturated carbocycles. The maximum Gasteiger partial charge on any atom is 0.134 e. The van der Waals surface area contributed by atoms with Crippen LogP contribution in [-0.4, -0.2) is 23.6 Å². The van der Waals surface area contributed by atoms with Crippen molar-refractivity contribution in [1.29, 1.82) is 0 Å². The summed E-state index contributed by atoms with van der Waals surface area (Å²) in [5.74, 6) is -0.822. The van der Waals surface area contributed by atoms with Crippen molar-refractivity contribution in [2.45, 2.75) is 72.6 Å². The van der Waals surface area contributed by atoms with E-state index in [2.05, 4.69) is 50.8 Å². The number of fused-ring (bicyclic) bond motifs is 2. The third-order valence-corrected chi connectivity index (χ3v) is 6.19. The summed E-state index contributed by atoms with van der Waals surface area (Å²) in [5.41, 5.74) is 5.04. The Balaban J connectivity index is 1.86. The molecule has 2 aliphatic rings. The van der Waals surface area contributed by atoms with Crippen molar-refractivity contribution >= 4 is 5.57 Å². The predicted octanol–water partition coefficient (Wildman–Crippen LogP) is 6.94. The Bertz CT molecular complexity index is 995. The maximum atomic E-state index is 15.5. The minimum atomic E-state index is -0.531. The highest BCUT2D eigenvalue weighted by Gasteiger charge is 2.42. The SMILES string of the molecule is CC(C)Oc1cc(F)c(C2C3=C(C[C@@H](C)N2CC(C)(C)C)c2ccccc2C3)c(F)c1. The van der Waals surface area contributed by atoms with E-state index in [1.807, 2.05) is 19.9 Å². The Morgan fingerprint density at radius 1 is 1.10 bits per heavy atom. The molecule has 1 aliphatic heterocycles. The van der Waals surface area contributed by atoms with Gasteiger partial charge in [-0.2, -0.15) is 0 Å². The number of ether oxygens (including phenoxy) is 1. The van der Waals surface area contributed by atoms with Crippen molar-refractivity contribution < 1.29 is 13.5 Å². The van der Waals surface area contributed by atoms with Crippen LogP contribution in [0.25, 0.3) is 5.57 Å². The van der Waals surface area contributed by atoms with Gasteiger partial charge in [0.2, 0.25) is 0 Å². The first kappa shape index (κ1) is 22.0. The van der Waals surface area contributed by atoms with Gasteiger partial charge in [-0.15, -0.1) is 0 Å². The number of halogens is 2. The minimum Gasteiger partial charge on any atom is -0.491 e. The zero-order chi connectivity index (χ0) is 22.5. The molecule has 1 unspecified atom stereocenters. The molecule has 0 spiro atoms. The smallest absolute Gasteiger partial charge is 0.134 e. The van der Waals surface area contributed by atoms with Gasteiger partial charge in [0.05, 0.1) is 12.1 Å². The third kappa shape index (κ3) is 4.27. The lowest BCUT2D eigenvalue weighted by molar-refractivity contribution is 0.101. The zero-order valence-electron chi connectivity index (χ0n) is 19.4. The molecule has 2 nitrogen and oxygen atoms in total. The lowest BCUT2D eigenvalue weighted by atomic mass is 9.82. The second-order valence-electron chi connectivity index (χ2n) is 10.5. The first-order chi connectivity index (χ1) is 14.5. The predicted molar refractivity (Wildman–Crippen MR) is 122 cm³/mol. The van der Waals surface area contributed by atoms with Gasteiger partial charge in [0, 0.05) is 30.3 Å². The second kappa shape index (κ2) is 8.05. The monoisotopic (exact) mass is 425 g/mol. The highest BCUT2D eigenvalue weighted by Crippen LogP contribution is 2.50. The van der Waals surface area contributed by atoms with Crippen LogP contribution in [0.4, 0.5) is 8.78 Å². The summed E-state index contributed by atoms with van der Waals surface area (Å²) >= 11 is 0. The van der Waals surface area contributed by atoms with E-state index in [4.69, 9.17) is 4.74 Å². The molecule has 0 N–H and O–H groups in total. The summed E-state index contributed by atoms with van der Waals surface area (Å²) in [6.07, 6.45) is 1.50. The van der Waals surface area contributed by atoms with Crippen molar-refractivity contribution in [3.63, 3.8) is 0 Å². The summed E-state index contributed by atoms with van der Waals surface area (Å²) < 4.78 is 36.6. The van der Waals surface area contributed by atoms with Gasteiger partial charge in [-0.05, 0) is 61.3 Å². The van der Waals surface area contributed by atoms with Crippen molar-refractivity contribution in [2.24, 2.45) is 5.41 Å². The molecule has 0 amide bonds. The van der Waals surface area contributed by atoms with Gasteiger partial charge < -0.3 is 4.74 Å². The van der Waals surface area contributed by atoms with Crippen LogP contribution in [0.2, 0.25) is 0 Å². The summed E-state index contributed by atoms with van der Waals surface area (Å²) in [7, 11) is 0. The standard InChI is InChI=1S/C27H33F2NO/c1-16(2)31-19-13-23(28)25(24(29)14-19)26-22-12-18-9-7-8-10-20(18)21(22)11-17(3)30(26)15-27(4,5)6/h7-10,13-14,16-17,26H,11-12,15H2,1-6H3/t17-,26?/m1/s1. The highest BCUT2D eigenvalue weighted by molar-refractivity contribution is 5.79. The summed E-state index contributed by atoms with van der Waals surface area (Å²) in [4.78, 5) is 2.30. The molecule has 0 saturated heterocycles. The fraction of sp³-hybridized carbons (Fsp3) is 0.481. The fourth-order valence-corrected chi connectivity index (χ4v) is 5.12. The van der Waals surface area contributed by atoms with Crippen LogP contribution in [0.15, 0.2) is 42.0 Å². The molecule has 4 heteroatoms. The molecule has 2 aromatic rings. The summed E-state index contributed by atoms with van der Waals surface area (Å²) in [6, 6.07) is 10.8. The summed E-state index contributed by atoms with van der Waals surface area (Å²) in [6.45, 7) is 13.2. The molecule has 4 rings (SSSR count). The van der Waals surface area contributed by atoms with E-state index in [9.17, 15) is 0 Å². The number of hydrogen-bond donors (Lipinski definition) is 0. The molecular weight excluding hydrogens is 392 g/mol. The van der Waals surface area contributed by atoms with Crippen LogP contribution in [0.3, 0.4) is 0 Å². The summed E-state index contributed by atoms with van der Waals surface area (Å²) in [5, 5.41) is 0. The minimum absolute atomic E-state index is 0.00365. The number of nitrogens with zero attached hydrogens (tertiary/aromatic N) is 1. The normalized spacial score (nSPS) is 21.5. The molecule has 0 aromatic heterocycles. The molecular formula is C27H33F2NO. The van der Waals surface area contributed by atoms with E-state index in [-0.39, 0.29) is 28.9 Å². The molecule has 166 valence electrons. The molecule has 0 bridgehead atoms. The van der Waals surface area contributed by atoms with Crippen molar-refractivity contribution in [2.75, 3.05) is 6.54 Å².